The molecule has 0 aromatic heterocycles. The number of para-hydroxylation sites is 1. The Labute approximate surface area is 97.4 Å². The number of ether oxygens (including phenoxy) is 1. The number of halogens is 1. The smallest absolute Gasteiger partial charge is 0.139 e. The van der Waals surface area contributed by atoms with Gasteiger partial charge in [0.2, 0.25) is 0 Å². The van der Waals surface area contributed by atoms with E-state index in [2.05, 4.69) is 15.9 Å². The maximum absolute atomic E-state index is 10.4. The summed E-state index contributed by atoms with van der Waals surface area (Å²) in [6.07, 6.45) is 1.46. The van der Waals surface area contributed by atoms with Crippen molar-refractivity contribution in [2.24, 2.45) is 5.73 Å². The standard InChI is InChI=1S/C11H14BrNO2/c12-9-4-1-3-8-10(9)15-6-2-5-11(8,14)7-13/h1,3-4,14H,2,5-7,13H2. The first kappa shape index (κ1) is 10.9. The van der Waals surface area contributed by atoms with Crippen molar-refractivity contribution in [3.05, 3.63) is 28.2 Å². The van der Waals surface area contributed by atoms with E-state index in [-0.39, 0.29) is 6.54 Å². The van der Waals surface area contributed by atoms with Gasteiger partial charge >= 0.3 is 0 Å². The lowest BCUT2D eigenvalue weighted by Gasteiger charge is -2.26. The SMILES string of the molecule is NCC1(O)CCCOc2c(Br)cccc21. The predicted octanol–water partition coefficient (Wildman–Crippen LogP) is 1.77. The Kier molecular flexibility index (Phi) is 3.00. The molecule has 1 aliphatic heterocycles. The third kappa shape index (κ3) is 1.89. The largest absolute Gasteiger partial charge is 0.492 e. The minimum Gasteiger partial charge on any atom is -0.492 e. The van der Waals surface area contributed by atoms with E-state index in [1.165, 1.54) is 0 Å². The van der Waals surface area contributed by atoms with Crippen LogP contribution in [-0.2, 0) is 5.60 Å². The second-order valence-electron chi connectivity index (χ2n) is 3.80. The van der Waals surface area contributed by atoms with Crippen molar-refractivity contribution in [2.45, 2.75) is 18.4 Å². The Balaban J connectivity index is 2.55. The molecule has 0 spiro atoms. The van der Waals surface area contributed by atoms with Crippen LogP contribution in [0.4, 0.5) is 0 Å². The van der Waals surface area contributed by atoms with Gasteiger partial charge in [-0.15, -0.1) is 0 Å². The van der Waals surface area contributed by atoms with Crippen LogP contribution in [0.2, 0.25) is 0 Å². The van der Waals surface area contributed by atoms with Gasteiger partial charge in [0.25, 0.3) is 0 Å². The van der Waals surface area contributed by atoms with Crippen molar-refractivity contribution in [1.29, 1.82) is 0 Å². The summed E-state index contributed by atoms with van der Waals surface area (Å²) in [5, 5.41) is 10.4. The number of rotatable bonds is 1. The van der Waals surface area contributed by atoms with Crippen LogP contribution in [-0.4, -0.2) is 18.3 Å². The molecule has 15 heavy (non-hydrogen) atoms. The predicted molar refractivity (Wildman–Crippen MR) is 61.8 cm³/mol. The average Bonchev–Trinajstić information content (AvgIpc) is 2.41. The molecular formula is C11H14BrNO2. The number of fused-ring (bicyclic) bond motifs is 1. The molecule has 1 unspecified atom stereocenters. The van der Waals surface area contributed by atoms with E-state index in [0.29, 0.717) is 13.0 Å². The molecule has 1 aliphatic rings. The van der Waals surface area contributed by atoms with Gasteiger partial charge in [0, 0.05) is 12.1 Å². The molecule has 82 valence electrons. The normalized spacial score (nSPS) is 25.3. The van der Waals surface area contributed by atoms with E-state index in [0.717, 1.165) is 22.2 Å². The quantitative estimate of drug-likeness (QED) is 0.819. The molecule has 0 bridgehead atoms. The van der Waals surface area contributed by atoms with E-state index in [1.807, 2.05) is 18.2 Å². The second kappa shape index (κ2) is 4.12. The zero-order valence-electron chi connectivity index (χ0n) is 8.37. The van der Waals surface area contributed by atoms with Crippen LogP contribution in [0.1, 0.15) is 18.4 Å². The minimum absolute atomic E-state index is 0.222. The van der Waals surface area contributed by atoms with Gasteiger partial charge < -0.3 is 15.6 Å². The summed E-state index contributed by atoms with van der Waals surface area (Å²) in [6.45, 7) is 0.845. The molecule has 3 nitrogen and oxygen atoms in total. The van der Waals surface area contributed by atoms with Crippen molar-refractivity contribution < 1.29 is 9.84 Å². The maximum atomic E-state index is 10.4. The highest BCUT2D eigenvalue weighted by Crippen LogP contribution is 2.39. The number of hydrogen-bond acceptors (Lipinski definition) is 3. The fraction of sp³-hybridized carbons (Fsp3) is 0.455. The number of hydrogen-bond donors (Lipinski definition) is 2. The van der Waals surface area contributed by atoms with Gasteiger partial charge in [-0.3, -0.25) is 0 Å². The Morgan fingerprint density at radius 2 is 2.33 bits per heavy atom. The van der Waals surface area contributed by atoms with Crippen LogP contribution in [0.15, 0.2) is 22.7 Å². The summed E-state index contributed by atoms with van der Waals surface area (Å²) < 4.78 is 6.48. The molecule has 0 saturated carbocycles. The monoisotopic (exact) mass is 271 g/mol. The van der Waals surface area contributed by atoms with Gasteiger partial charge in [-0.1, -0.05) is 12.1 Å². The first-order chi connectivity index (χ1) is 7.17. The van der Waals surface area contributed by atoms with E-state index in [9.17, 15) is 5.11 Å². The third-order valence-corrected chi connectivity index (χ3v) is 3.41. The maximum Gasteiger partial charge on any atom is 0.139 e. The molecule has 1 aromatic carbocycles. The van der Waals surface area contributed by atoms with Gasteiger partial charge in [0.1, 0.15) is 11.4 Å². The first-order valence-corrected chi connectivity index (χ1v) is 5.81. The molecule has 0 aliphatic carbocycles. The van der Waals surface area contributed by atoms with Crippen LogP contribution in [0.5, 0.6) is 5.75 Å². The van der Waals surface area contributed by atoms with Gasteiger partial charge in [0.05, 0.1) is 11.1 Å². The summed E-state index contributed by atoms with van der Waals surface area (Å²) in [4.78, 5) is 0. The fourth-order valence-electron chi connectivity index (χ4n) is 1.91. The Morgan fingerprint density at radius 1 is 1.53 bits per heavy atom. The molecule has 1 heterocycles. The number of benzene rings is 1. The van der Waals surface area contributed by atoms with Crippen LogP contribution in [0.25, 0.3) is 0 Å². The van der Waals surface area contributed by atoms with Crippen LogP contribution < -0.4 is 10.5 Å². The van der Waals surface area contributed by atoms with Crippen molar-refractivity contribution in [3.8, 4) is 5.75 Å². The summed E-state index contributed by atoms with van der Waals surface area (Å²) in [5.41, 5.74) is 5.49. The summed E-state index contributed by atoms with van der Waals surface area (Å²) in [7, 11) is 0. The Morgan fingerprint density at radius 3 is 3.07 bits per heavy atom. The Bertz CT molecular complexity index is 370. The fourth-order valence-corrected chi connectivity index (χ4v) is 2.39. The van der Waals surface area contributed by atoms with Gasteiger partial charge in [-0.05, 0) is 34.8 Å². The third-order valence-electron chi connectivity index (χ3n) is 2.79. The van der Waals surface area contributed by atoms with Gasteiger partial charge in [-0.25, -0.2) is 0 Å². The zero-order valence-corrected chi connectivity index (χ0v) is 9.96. The van der Waals surface area contributed by atoms with E-state index in [4.69, 9.17) is 10.5 Å². The molecule has 0 radical (unpaired) electrons. The van der Waals surface area contributed by atoms with Gasteiger partial charge in [-0.2, -0.15) is 0 Å². The molecule has 2 rings (SSSR count). The lowest BCUT2D eigenvalue weighted by atomic mass is 9.89. The van der Waals surface area contributed by atoms with Crippen molar-refractivity contribution in [1.82, 2.24) is 0 Å². The summed E-state index contributed by atoms with van der Waals surface area (Å²) >= 11 is 3.42. The molecule has 1 atom stereocenters. The van der Waals surface area contributed by atoms with Gasteiger partial charge in [0.15, 0.2) is 0 Å². The van der Waals surface area contributed by atoms with E-state index < -0.39 is 5.60 Å². The summed E-state index contributed by atoms with van der Waals surface area (Å²) in [6, 6.07) is 5.66. The average molecular weight is 272 g/mol. The van der Waals surface area contributed by atoms with E-state index in [1.54, 1.807) is 0 Å². The molecule has 0 amide bonds. The van der Waals surface area contributed by atoms with Crippen molar-refractivity contribution in [2.75, 3.05) is 13.2 Å². The van der Waals surface area contributed by atoms with Crippen LogP contribution in [0, 0.1) is 0 Å². The topological polar surface area (TPSA) is 55.5 Å². The highest BCUT2D eigenvalue weighted by Gasteiger charge is 2.33. The molecule has 3 N–H and O–H groups in total. The van der Waals surface area contributed by atoms with E-state index >= 15 is 0 Å². The molecule has 1 aromatic rings. The highest BCUT2D eigenvalue weighted by atomic mass is 79.9. The molecule has 0 saturated heterocycles. The number of nitrogens with two attached hydrogens (primary N) is 1. The molecule has 0 fully saturated rings. The molecular weight excluding hydrogens is 258 g/mol. The van der Waals surface area contributed by atoms with Crippen molar-refractivity contribution >= 4 is 15.9 Å². The zero-order chi connectivity index (χ0) is 10.9. The lowest BCUT2D eigenvalue weighted by Crippen LogP contribution is -2.34. The summed E-state index contributed by atoms with van der Waals surface area (Å²) in [5.74, 6) is 0.725. The second-order valence-corrected chi connectivity index (χ2v) is 4.66. The first-order valence-electron chi connectivity index (χ1n) is 5.01. The van der Waals surface area contributed by atoms with Crippen molar-refractivity contribution in [3.63, 3.8) is 0 Å². The number of aliphatic hydroxyl groups is 1. The van der Waals surface area contributed by atoms with Crippen LogP contribution in [0.3, 0.4) is 0 Å². The Hall–Kier alpha value is -0.580. The highest BCUT2D eigenvalue weighted by molar-refractivity contribution is 9.10. The molecule has 4 heteroatoms. The minimum atomic E-state index is -0.949. The van der Waals surface area contributed by atoms with Crippen LogP contribution >= 0.6 is 15.9 Å². The lowest BCUT2D eigenvalue weighted by molar-refractivity contribution is 0.0374.